The van der Waals surface area contributed by atoms with E-state index in [1.807, 2.05) is 19.9 Å². The average molecular weight is 269 g/mol. The molecule has 19 heavy (non-hydrogen) atoms. The second-order valence-electron chi connectivity index (χ2n) is 6.39. The van der Waals surface area contributed by atoms with Gasteiger partial charge in [0, 0.05) is 0 Å². The van der Waals surface area contributed by atoms with Crippen molar-refractivity contribution in [2.45, 2.75) is 76.2 Å². The van der Waals surface area contributed by atoms with Crippen molar-refractivity contribution in [1.29, 1.82) is 0 Å². The van der Waals surface area contributed by atoms with Crippen molar-refractivity contribution < 1.29 is 0 Å². The van der Waals surface area contributed by atoms with Crippen LogP contribution in [0.1, 0.15) is 76.2 Å². The SMILES string of the molecule is C=C.C=CC(C)=C(C)C.CC.CC(C)(C)C(C)(C)C. The standard InChI is InChI=1S/C8H18.C7H12.C2H6.C2H4/c1-7(2,3)8(4,5)6;1-5-7(4)6(2)3;2*1-2/h1-6H3;5H,1H2,2-4H3;1-2H3;1-2H2. The molecular formula is C19H40. The molecule has 116 valence electrons. The predicted octanol–water partition coefficient (Wildman–Crippen LogP) is 7.44. The highest BCUT2D eigenvalue weighted by Crippen LogP contribution is 2.36. The van der Waals surface area contributed by atoms with E-state index >= 15 is 0 Å². The maximum atomic E-state index is 3.62. The summed E-state index contributed by atoms with van der Waals surface area (Å²) in [7, 11) is 0. The normalized spacial score (nSPS) is 9.42. The Hall–Kier alpha value is -0.780. The summed E-state index contributed by atoms with van der Waals surface area (Å²) in [6, 6.07) is 0. The minimum Gasteiger partial charge on any atom is -0.106 e. The van der Waals surface area contributed by atoms with Gasteiger partial charge in [0.2, 0.25) is 0 Å². The first-order valence-corrected chi connectivity index (χ1v) is 7.20. The zero-order valence-electron chi connectivity index (χ0n) is 15.7. The summed E-state index contributed by atoms with van der Waals surface area (Å²) >= 11 is 0. The Morgan fingerprint density at radius 1 is 0.737 bits per heavy atom. The predicted molar refractivity (Wildman–Crippen MR) is 95.8 cm³/mol. The summed E-state index contributed by atoms with van der Waals surface area (Å²) in [6.07, 6.45) is 1.87. The van der Waals surface area contributed by atoms with Crippen molar-refractivity contribution in [2.75, 3.05) is 0 Å². The first kappa shape index (κ1) is 26.7. The van der Waals surface area contributed by atoms with E-state index in [1.54, 1.807) is 0 Å². The Labute approximate surface area is 124 Å². The Kier molecular flexibility index (Phi) is 19.2. The molecule has 0 aromatic heterocycles. The summed E-state index contributed by atoms with van der Waals surface area (Å²) in [4.78, 5) is 0. The molecule has 0 atom stereocenters. The third-order valence-electron chi connectivity index (χ3n) is 3.34. The molecule has 0 aromatic rings. The molecule has 0 fully saturated rings. The van der Waals surface area contributed by atoms with Crippen LogP contribution in [-0.2, 0) is 0 Å². The minimum atomic E-state index is 0.437. The van der Waals surface area contributed by atoms with Crippen molar-refractivity contribution in [2.24, 2.45) is 10.8 Å². The van der Waals surface area contributed by atoms with Gasteiger partial charge in [0.15, 0.2) is 0 Å². The van der Waals surface area contributed by atoms with Crippen LogP contribution in [0.15, 0.2) is 37.0 Å². The molecule has 0 saturated heterocycles. The molecule has 0 N–H and O–H groups in total. The molecule has 0 rings (SSSR count). The quantitative estimate of drug-likeness (QED) is 0.342. The minimum absolute atomic E-state index is 0.437. The number of allylic oxidation sites excluding steroid dienone is 3. The average Bonchev–Trinajstić information content (AvgIpc) is 2.31. The fraction of sp³-hybridized carbons (Fsp3) is 0.684. The second-order valence-corrected chi connectivity index (χ2v) is 6.39. The summed E-state index contributed by atoms with van der Waals surface area (Å²) in [6.45, 7) is 33.5. The van der Waals surface area contributed by atoms with Crippen LogP contribution < -0.4 is 0 Å². The molecule has 0 aromatic carbocycles. The van der Waals surface area contributed by atoms with E-state index in [-0.39, 0.29) is 0 Å². The molecule has 0 saturated carbocycles. The Balaban J connectivity index is -0.0000000941. The van der Waals surface area contributed by atoms with Crippen LogP contribution in [-0.4, -0.2) is 0 Å². The van der Waals surface area contributed by atoms with Gasteiger partial charge >= 0.3 is 0 Å². The van der Waals surface area contributed by atoms with E-state index < -0.39 is 0 Å². The van der Waals surface area contributed by atoms with Gasteiger partial charge < -0.3 is 0 Å². The highest BCUT2D eigenvalue weighted by Gasteiger charge is 2.26. The van der Waals surface area contributed by atoms with Crippen molar-refractivity contribution in [1.82, 2.24) is 0 Å². The highest BCUT2D eigenvalue weighted by molar-refractivity contribution is 5.18. The molecule has 0 spiro atoms. The lowest BCUT2D eigenvalue weighted by Gasteiger charge is -2.34. The van der Waals surface area contributed by atoms with Gasteiger partial charge in [0.25, 0.3) is 0 Å². The second kappa shape index (κ2) is 13.6. The van der Waals surface area contributed by atoms with Crippen LogP contribution in [0.25, 0.3) is 0 Å². The Bertz CT molecular complexity index is 212. The van der Waals surface area contributed by atoms with E-state index in [2.05, 4.69) is 82.1 Å². The molecule has 0 amide bonds. The third-order valence-corrected chi connectivity index (χ3v) is 3.34. The first-order valence-electron chi connectivity index (χ1n) is 7.20. The largest absolute Gasteiger partial charge is 0.106 e. The fourth-order valence-electron chi connectivity index (χ4n) is 0.204. The van der Waals surface area contributed by atoms with Crippen LogP contribution in [0.3, 0.4) is 0 Å². The molecular weight excluding hydrogens is 228 g/mol. The van der Waals surface area contributed by atoms with Crippen LogP contribution in [0, 0.1) is 10.8 Å². The van der Waals surface area contributed by atoms with E-state index in [9.17, 15) is 0 Å². The lowest BCUT2D eigenvalue weighted by atomic mass is 9.71. The third kappa shape index (κ3) is 19.7. The summed E-state index contributed by atoms with van der Waals surface area (Å²) in [5.41, 5.74) is 3.50. The molecule has 0 heteroatoms. The van der Waals surface area contributed by atoms with Crippen molar-refractivity contribution >= 4 is 0 Å². The van der Waals surface area contributed by atoms with E-state index in [4.69, 9.17) is 0 Å². The zero-order chi connectivity index (χ0) is 16.9. The molecule has 0 nitrogen and oxygen atoms in total. The fourth-order valence-corrected chi connectivity index (χ4v) is 0.204. The summed E-state index contributed by atoms with van der Waals surface area (Å²) in [5, 5.41) is 0. The molecule has 0 aliphatic rings. The highest BCUT2D eigenvalue weighted by atomic mass is 14.3. The molecule has 0 aliphatic carbocycles. The molecule has 0 radical (unpaired) electrons. The first-order chi connectivity index (χ1) is 8.43. The monoisotopic (exact) mass is 268 g/mol. The lowest BCUT2D eigenvalue weighted by Crippen LogP contribution is -2.25. The number of hydrogen-bond donors (Lipinski definition) is 0. The Morgan fingerprint density at radius 2 is 0.947 bits per heavy atom. The van der Waals surface area contributed by atoms with Gasteiger partial charge in [-0.25, -0.2) is 0 Å². The van der Waals surface area contributed by atoms with Crippen LogP contribution in [0.5, 0.6) is 0 Å². The maximum absolute atomic E-state index is 3.62. The molecule has 0 aliphatic heterocycles. The van der Waals surface area contributed by atoms with Crippen LogP contribution >= 0.6 is 0 Å². The maximum Gasteiger partial charge on any atom is -0.0334 e. The van der Waals surface area contributed by atoms with Crippen molar-refractivity contribution in [3.63, 3.8) is 0 Å². The van der Waals surface area contributed by atoms with Gasteiger partial charge in [0.05, 0.1) is 0 Å². The van der Waals surface area contributed by atoms with Gasteiger partial charge in [-0.1, -0.05) is 79.2 Å². The number of hydrogen-bond acceptors (Lipinski definition) is 0. The van der Waals surface area contributed by atoms with Gasteiger partial charge in [-0.3, -0.25) is 0 Å². The van der Waals surface area contributed by atoms with Crippen LogP contribution in [0.4, 0.5) is 0 Å². The zero-order valence-corrected chi connectivity index (χ0v) is 15.7. The van der Waals surface area contributed by atoms with Gasteiger partial charge in [-0.15, -0.1) is 13.2 Å². The van der Waals surface area contributed by atoms with E-state index in [0.29, 0.717) is 10.8 Å². The summed E-state index contributed by atoms with van der Waals surface area (Å²) in [5.74, 6) is 0. The van der Waals surface area contributed by atoms with E-state index in [1.165, 1.54) is 11.1 Å². The van der Waals surface area contributed by atoms with E-state index in [0.717, 1.165) is 0 Å². The van der Waals surface area contributed by atoms with Crippen molar-refractivity contribution in [3.05, 3.63) is 37.0 Å². The summed E-state index contributed by atoms with van der Waals surface area (Å²) < 4.78 is 0. The molecule has 0 bridgehead atoms. The van der Waals surface area contributed by atoms with Crippen molar-refractivity contribution in [3.8, 4) is 0 Å². The lowest BCUT2D eigenvalue weighted by molar-refractivity contribution is 0.157. The van der Waals surface area contributed by atoms with Gasteiger partial charge in [-0.2, -0.15) is 0 Å². The van der Waals surface area contributed by atoms with Gasteiger partial charge in [0.1, 0.15) is 0 Å². The topological polar surface area (TPSA) is 0 Å². The van der Waals surface area contributed by atoms with Gasteiger partial charge in [-0.05, 0) is 31.6 Å². The Morgan fingerprint density at radius 3 is 0.947 bits per heavy atom. The molecule has 0 heterocycles. The number of rotatable bonds is 1. The molecule has 0 unspecified atom stereocenters. The smallest absolute Gasteiger partial charge is 0.0334 e. The van der Waals surface area contributed by atoms with Crippen LogP contribution in [0.2, 0.25) is 0 Å².